The van der Waals surface area contributed by atoms with E-state index < -0.39 is 0 Å². The van der Waals surface area contributed by atoms with Gasteiger partial charge in [0.1, 0.15) is 0 Å². The van der Waals surface area contributed by atoms with E-state index in [0.717, 1.165) is 58.2 Å². The molecule has 1 atom stereocenters. The van der Waals surface area contributed by atoms with Crippen LogP contribution in [0.25, 0.3) is 0 Å². The number of likely N-dealkylation sites (tertiary alicyclic amines) is 1. The average molecular weight is 361 g/mol. The predicted molar refractivity (Wildman–Crippen MR) is 103 cm³/mol. The summed E-state index contributed by atoms with van der Waals surface area (Å²) in [4.78, 5) is 30.6. The van der Waals surface area contributed by atoms with E-state index in [4.69, 9.17) is 0 Å². The lowest BCUT2D eigenvalue weighted by molar-refractivity contribution is -0.150. The van der Waals surface area contributed by atoms with Gasteiger partial charge in [-0.1, -0.05) is 26.7 Å². The van der Waals surface area contributed by atoms with Gasteiger partial charge in [-0.25, -0.2) is 0 Å². The Hall–Kier alpha value is -0.900. The Balaban J connectivity index is 1.49. The summed E-state index contributed by atoms with van der Waals surface area (Å²) in [7, 11) is 0. The fourth-order valence-corrected chi connectivity index (χ4v) is 6.72. The molecular formula is C22H36N2O2. The van der Waals surface area contributed by atoms with Crippen LogP contribution in [-0.4, -0.2) is 47.3 Å². The summed E-state index contributed by atoms with van der Waals surface area (Å²) in [5.74, 6) is 0.876. The summed E-state index contributed by atoms with van der Waals surface area (Å²) in [5.41, 5.74) is 0.0786. The van der Waals surface area contributed by atoms with Crippen LogP contribution in [0, 0.1) is 16.7 Å². The Morgan fingerprint density at radius 3 is 2.08 bits per heavy atom. The molecule has 0 aromatic carbocycles. The summed E-state index contributed by atoms with van der Waals surface area (Å²) in [5, 5.41) is 0. The molecule has 0 aromatic heterocycles. The number of imide groups is 1. The van der Waals surface area contributed by atoms with E-state index in [1.807, 2.05) is 0 Å². The zero-order valence-electron chi connectivity index (χ0n) is 16.8. The van der Waals surface area contributed by atoms with Gasteiger partial charge in [0.15, 0.2) is 0 Å². The minimum absolute atomic E-state index is 0.132. The Morgan fingerprint density at radius 1 is 0.962 bits per heavy atom. The molecule has 0 aromatic rings. The van der Waals surface area contributed by atoms with Gasteiger partial charge in [0.2, 0.25) is 11.8 Å². The van der Waals surface area contributed by atoms with Gasteiger partial charge in [-0.15, -0.1) is 0 Å². The van der Waals surface area contributed by atoms with Gasteiger partial charge in [-0.2, -0.15) is 0 Å². The highest BCUT2D eigenvalue weighted by Crippen LogP contribution is 2.55. The summed E-state index contributed by atoms with van der Waals surface area (Å²) < 4.78 is 0. The second-order valence-electron chi connectivity index (χ2n) is 9.73. The van der Waals surface area contributed by atoms with Crippen molar-refractivity contribution in [2.75, 3.05) is 19.6 Å². The maximum absolute atomic E-state index is 13.5. The molecule has 4 heteroatoms. The SMILES string of the molecule is CCCC1(CCC)CCC2(CC1)CC(=O)N(C1CN3CCC1CC3)C2=O. The molecule has 5 rings (SSSR count). The molecule has 2 bridgehead atoms. The molecule has 1 unspecified atom stereocenters. The zero-order valence-corrected chi connectivity index (χ0v) is 16.8. The van der Waals surface area contributed by atoms with Crippen molar-refractivity contribution in [1.29, 1.82) is 0 Å². The van der Waals surface area contributed by atoms with E-state index in [1.54, 1.807) is 4.90 Å². The highest BCUT2D eigenvalue weighted by atomic mass is 16.2. The first-order chi connectivity index (χ1) is 12.5. The van der Waals surface area contributed by atoms with Crippen molar-refractivity contribution in [2.24, 2.45) is 16.7 Å². The van der Waals surface area contributed by atoms with Crippen molar-refractivity contribution >= 4 is 11.8 Å². The van der Waals surface area contributed by atoms with Crippen LogP contribution in [0.5, 0.6) is 0 Å². The van der Waals surface area contributed by atoms with Gasteiger partial charge in [0, 0.05) is 13.0 Å². The molecule has 1 spiro atoms. The van der Waals surface area contributed by atoms with E-state index in [-0.39, 0.29) is 23.3 Å². The number of nitrogens with zero attached hydrogens (tertiary/aromatic N) is 2. The maximum Gasteiger partial charge on any atom is 0.236 e. The second-order valence-corrected chi connectivity index (χ2v) is 9.73. The van der Waals surface area contributed by atoms with Crippen molar-refractivity contribution in [1.82, 2.24) is 9.80 Å². The number of carbonyl (C=O) groups is 2. The number of hydrogen-bond acceptors (Lipinski definition) is 3. The zero-order chi connectivity index (χ0) is 18.4. The minimum atomic E-state index is -0.353. The lowest BCUT2D eigenvalue weighted by Crippen LogP contribution is -2.59. The largest absolute Gasteiger partial charge is 0.301 e. The van der Waals surface area contributed by atoms with Crippen molar-refractivity contribution in [3.8, 4) is 0 Å². The maximum atomic E-state index is 13.5. The van der Waals surface area contributed by atoms with E-state index in [9.17, 15) is 9.59 Å². The van der Waals surface area contributed by atoms with Crippen molar-refractivity contribution < 1.29 is 9.59 Å². The molecule has 1 saturated carbocycles. The highest BCUT2D eigenvalue weighted by Gasteiger charge is 2.57. The van der Waals surface area contributed by atoms with Crippen molar-refractivity contribution in [2.45, 2.75) is 90.5 Å². The Bertz CT molecular complexity index is 548. The van der Waals surface area contributed by atoms with Crippen molar-refractivity contribution in [3.63, 3.8) is 0 Å². The van der Waals surface area contributed by atoms with Gasteiger partial charge in [0.25, 0.3) is 0 Å². The summed E-state index contributed by atoms with van der Waals surface area (Å²) >= 11 is 0. The average Bonchev–Trinajstić information content (AvgIpc) is 2.89. The number of rotatable bonds is 5. The third-order valence-electron chi connectivity index (χ3n) is 8.21. The molecular weight excluding hydrogens is 324 g/mol. The van der Waals surface area contributed by atoms with Crippen LogP contribution in [0.2, 0.25) is 0 Å². The molecule has 0 radical (unpaired) electrons. The van der Waals surface area contributed by atoms with Gasteiger partial charge in [0.05, 0.1) is 11.5 Å². The van der Waals surface area contributed by atoms with Crippen molar-refractivity contribution in [3.05, 3.63) is 0 Å². The quantitative estimate of drug-likeness (QED) is 0.696. The lowest BCUT2D eigenvalue weighted by atomic mass is 9.60. The number of fused-ring (bicyclic) bond motifs is 3. The molecule has 4 saturated heterocycles. The van der Waals surface area contributed by atoms with E-state index in [0.29, 0.717) is 17.8 Å². The van der Waals surface area contributed by atoms with Crippen LogP contribution in [-0.2, 0) is 9.59 Å². The van der Waals surface area contributed by atoms with Gasteiger partial charge < -0.3 is 4.90 Å². The fourth-order valence-electron chi connectivity index (χ4n) is 6.72. The number of hydrogen-bond donors (Lipinski definition) is 0. The van der Waals surface area contributed by atoms with Crippen LogP contribution in [0.1, 0.15) is 84.5 Å². The molecule has 2 amide bonds. The van der Waals surface area contributed by atoms with Crippen LogP contribution in [0.4, 0.5) is 0 Å². The van der Waals surface area contributed by atoms with E-state index in [2.05, 4.69) is 18.7 Å². The molecule has 4 heterocycles. The van der Waals surface area contributed by atoms with Gasteiger partial charge >= 0.3 is 0 Å². The van der Waals surface area contributed by atoms with E-state index in [1.165, 1.54) is 25.7 Å². The Morgan fingerprint density at radius 2 is 1.58 bits per heavy atom. The van der Waals surface area contributed by atoms with Crippen LogP contribution >= 0.6 is 0 Å². The minimum Gasteiger partial charge on any atom is -0.301 e. The van der Waals surface area contributed by atoms with Crippen LogP contribution < -0.4 is 0 Å². The lowest BCUT2D eigenvalue weighted by Gasteiger charge is -2.48. The van der Waals surface area contributed by atoms with Gasteiger partial charge in [-0.05, 0) is 75.8 Å². The van der Waals surface area contributed by atoms with Crippen LogP contribution in [0.3, 0.4) is 0 Å². The second kappa shape index (κ2) is 6.92. The first-order valence-corrected chi connectivity index (χ1v) is 11.1. The summed E-state index contributed by atoms with van der Waals surface area (Å²) in [6.45, 7) is 7.79. The fraction of sp³-hybridized carbons (Fsp3) is 0.909. The standard InChI is InChI=1S/C22H36N2O2/c1-3-7-21(8-4-2)9-11-22(12-10-21)15-19(25)24(20(22)26)18-16-23-13-5-17(18)6-14-23/h17-18H,3-16H2,1-2H3. The molecule has 26 heavy (non-hydrogen) atoms. The van der Waals surface area contributed by atoms with E-state index >= 15 is 0 Å². The molecule has 4 aliphatic heterocycles. The highest BCUT2D eigenvalue weighted by molar-refractivity contribution is 6.06. The first kappa shape index (κ1) is 18.5. The number of carbonyl (C=O) groups excluding carboxylic acids is 2. The summed E-state index contributed by atoms with van der Waals surface area (Å²) in [6, 6.07) is 0.162. The molecule has 5 aliphatic rings. The normalized spacial score (nSPS) is 35.5. The third kappa shape index (κ3) is 2.93. The Labute approximate surface area is 158 Å². The molecule has 146 valence electrons. The molecule has 4 nitrogen and oxygen atoms in total. The molecule has 1 aliphatic carbocycles. The summed E-state index contributed by atoms with van der Waals surface area (Å²) in [6.07, 6.45) is 12.0. The predicted octanol–water partition coefficient (Wildman–Crippen LogP) is 3.99. The molecule has 5 fully saturated rings. The number of piperidine rings is 3. The van der Waals surface area contributed by atoms with Gasteiger partial charge in [-0.3, -0.25) is 14.5 Å². The third-order valence-corrected chi connectivity index (χ3v) is 8.21. The topological polar surface area (TPSA) is 40.6 Å². The van der Waals surface area contributed by atoms with Crippen LogP contribution in [0.15, 0.2) is 0 Å². The monoisotopic (exact) mass is 360 g/mol. The molecule has 0 N–H and O–H groups in total. The smallest absolute Gasteiger partial charge is 0.236 e. The first-order valence-electron chi connectivity index (χ1n) is 11.1. The Kier molecular flexibility index (Phi) is 4.92. The number of amides is 2.